The first-order chi connectivity index (χ1) is 14.7. The van der Waals surface area contributed by atoms with Gasteiger partial charge in [0.05, 0.1) is 5.01 Å². The topological polar surface area (TPSA) is 42.0 Å². The summed E-state index contributed by atoms with van der Waals surface area (Å²) in [6, 6.07) is 25.9. The summed E-state index contributed by atoms with van der Waals surface area (Å²) in [5.41, 5.74) is 3.49. The molecule has 2 unspecified atom stereocenters. The van der Waals surface area contributed by atoms with Crippen LogP contribution in [0.15, 0.2) is 84.9 Å². The maximum atomic E-state index is 13.2. The zero-order chi connectivity index (χ0) is 20.5. The molecule has 1 amide bonds. The van der Waals surface area contributed by atoms with Crippen molar-refractivity contribution in [3.8, 4) is 11.3 Å². The standard InChI is InChI=1S/C25H19FN2OS/c26-19-13-11-18(12-14-19)23(29)28-25-22(17-9-5-2-6-10-17)27-24(30-25)21-15-20(21)16-7-3-1-4-8-16/h1-14,20-21H,15H2,(H,28,29). The molecule has 1 N–H and O–H groups in total. The molecule has 0 aliphatic heterocycles. The Hall–Kier alpha value is -3.31. The van der Waals surface area contributed by atoms with Gasteiger partial charge in [0.25, 0.3) is 5.91 Å². The second-order valence-electron chi connectivity index (χ2n) is 7.42. The van der Waals surface area contributed by atoms with E-state index in [1.165, 1.54) is 41.2 Å². The van der Waals surface area contributed by atoms with Gasteiger partial charge in [-0.3, -0.25) is 4.79 Å². The van der Waals surface area contributed by atoms with Gasteiger partial charge in [0, 0.05) is 17.0 Å². The zero-order valence-corrected chi connectivity index (χ0v) is 16.9. The Balaban J connectivity index is 1.45. The number of hydrogen-bond donors (Lipinski definition) is 1. The van der Waals surface area contributed by atoms with Crippen molar-refractivity contribution in [2.45, 2.75) is 18.3 Å². The first-order valence-corrected chi connectivity index (χ1v) is 10.7. The number of carbonyl (C=O) groups excluding carboxylic acids is 1. The average molecular weight is 415 g/mol. The lowest BCUT2D eigenvalue weighted by Crippen LogP contribution is -2.11. The summed E-state index contributed by atoms with van der Waals surface area (Å²) in [4.78, 5) is 17.7. The van der Waals surface area contributed by atoms with E-state index in [-0.39, 0.29) is 11.7 Å². The summed E-state index contributed by atoms with van der Waals surface area (Å²) in [7, 11) is 0. The smallest absolute Gasteiger partial charge is 0.256 e. The van der Waals surface area contributed by atoms with E-state index in [1.54, 1.807) is 0 Å². The number of thiazole rings is 1. The summed E-state index contributed by atoms with van der Waals surface area (Å²) >= 11 is 1.53. The summed E-state index contributed by atoms with van der Waals surface area (Å²) < 4.78 is 13.2. The van der Waals surface area contributed by atoms with Gasteiger partial charge in [0.15, 0.2) is 0 Å². The van der Waals surface area contributed by atoms with Gasteiger partial charge in [-0.1, -0.05) is 60.7 Å². The van der Waals surface area contributed by atoms with E-state index in [1.807, 2.05) is 36.4 Å². The molecule has 1 heterocycles. The molecule has 1 aliphatic carbocycles. The number of rotatable bonds is 5. The average Bonchev–Trinajstić information content (AvgIpc) is 3.49. The predicted molar refractivity (Wildman–Crippen MR) is 118 cm³/mol. The Labute approximate surface area is 178 Å². The SMILES string of the molecule is O=C(Nc1sc(C2CC2c2ccccc2)nc1-c1ccccc1)c1ccc(F)cc1. The number of amides is 1. The highest BCUT2D eigenvalue weighted by Crippen LogP contribution is 2.56. The predicted octanol–water partition coefficient (Wildman–Crippen LogP) is 6.47. The van der Waals surface area contributed by atoms with Gasteiger partial charge in [-0.25, -0.2) is 9.37 Å². The van der Waals surface area contributed by atoms with Crippen molar-refractivity contribution in [1.82, 2.24) is 4.98 Å². The number of hydrogen-bond acceptors (Lipinski definition) is 3. The van der Waals surface area contributed by atoms with Crippen molar-refractivity contribution >= 4 is 22.2 Å². The Bertz CT molecular complexity index is 1170. The van der Waals surface area contributed by atoms with Crippen LogP contribution in [0.4, 0.5) is 9.39 Å². The van der Waals surface area contributed by atoms with E-state index in [0.29, 0.717) is 17.4 Å². The lowest BCUT2D eigenvalue weighted by Gasteiger charge is -2.05. The summed E-state index contributed by atoms with van der Waals surface area (Å²) in [6.07, 6.45) is 1.07. The van der Waals surface area contributed by atoms with Crippen LogP contribution in [-0.4, -0.2) is 10.9 Å². The van der Waals surface area contributed by atoms with Gasteiger partial charge in [0.1, 0.15) is 16.5 Å². The van der Waals surface area contributed by atoms with E-state index in [9.17, 15) is 9.18 Å². The highest BCUT2D eigenvalue weighted by molar-refractivity contribution is 7.16. The van der Waals surface area contributed by atoms with Crippen molar-refractivity contribution in [2.75, 3.05) is 5.32 Å². The zero-order valence-electron chi connectivity index (χ0n) is 16.1. The molecular formula is C25H19FN2OS. The van der Waals surface area contributed by atoms with Crippen molar-refractivity contribution < 1.29 is 9.18 Å². The van der Waals surface area contributed by atoms with Crippen LogP contribution in [0.2, 0.25) is 0 Å². The molecule has 1 aromatic heterocycles. The minimum absolute atomic E-state index is 0.266. The van der Waals surface area contributed by atoms with Gasteiger partial charge in [-0.05, 0) is 42.2 Å². The first kappa shape index (κ1) is 18.7. The molecule has 148 valence electrons. The third-order valence-corrected chi connectivity index (χ3v) is 6.46. The van der Waals surface area contributed by atoms with Crippen LogP contribution in [-0.2, 0) is 0 Å². The molecule has 0 saturated heterocycles. The molecule has 2 atom stereocenters. The van der Waals surface area contributed by atoms with Crippen LogP contribution in [0, 0.1) is 5.82 Å². The van der Waals surface area contributed by atoms with E-state index >= 15 is 0 Å². The Morgan fingerprint density at radius 2 is 1.57 bits per heavy atom. The fourth-order valence-corrected chi connectivity index (χ4v) is 4.85. The van der Waals surface area contributed by atoms with Gasteiger partial charge in [-0.2, -0.15) is 0 Å². The molecule has 1 saturated carbocycles. The Kier molecular flexibility index (Phi) is 4.89. The van der Waals surface area contributed by atoms with E-state index < -0.39 is 0 Å². The molecule has 30 heavy (non-hydrogen) atoms. The molecule has 5 heteroatoms. The minimum Gasteiger partial charge on any atom is -0.312 e. The van der Waals surface area contributed by atoms with Gasteiger partial charge >= 0.3 is 0 Å². The largest absolute Gasteiger partial charge is 0.312 e. The van der Waals surface area contributed by atoms with Gasteiger partial charge in [-0.15, -0.1) is 11.3 Å². The third kappa shape index (κ3) is 3.76. The van der Waals surface area contributed by atoms with Crippen molar-refractivity contribution in [1.29, 1.82) is 0 Å². The molecule has 0 spiro atoms. The van der Waals surface area contributed by atoms with Crippen molar-refractivity contribution in [2.24, 2.45) is 0 Å². The lowest BCUT2D eigenvalue weighted by atomic mass is 10.1. The van der Waals surface area contributed by atoms with Crippen molar-refractivity contribution in [3.63, 3.8) is 0 Å². The Morgan fingerprint density at radius 1 is 0.900 bits per heavy atom. The van der Waals surface area contributed by atoms with Crippen LogP contribution in [0.5, 0.6) is 0 Å². The van der Waals surface area contributed by atoms with E-state index in [0.717, 1.165) is 27.7 Å². The Morgan fingerprint density at radius 3 is 2.27 bits per heavy atom. The maximum Gasteiger partial charge on any atom is 0.256 e. The summed E-state index contributed by atoms with van der Waals surface area (Å²) in [5.74, 6) is 0.216. The van der Waals surface area contributed by atoms with Crippen LogP contribution in [0.3, 0.4) is 0 Å². The third-order valence-electron chi connectivity index (χ3n) is 5.36. The summed E-state index contributed by atoms with van der Waals surface area (Å²) in [5, 5.41) is 4.76. The second kappa shape index (κ2) is 7.84. The maximum absolute atomic E-state index is 13.2. The van der Waals surface area contributed by atoms with Crippen LogP contribution in [0.25, 0.3) is 11.3 Å². The van der Waals surface area contributed by atoms with E-state index in [2.05, 4.69) is 29.6 Å². The lowest BCUT2D eigenvalue weighted by molar-refractivity contribution is 0.102. The number of halogens is 1. The highest BCUT2D eigenvalue weighted by Gasteiger charge is 2.42. The molecular weight excluding hydrogens is 395 g/mol. The number of nitrogens with zero attached hydrogens (tertiary/aromatic N) is 1. The number of carbonyl (C=O) groups is 1. The molecule has 1 fully saturated rings. The molecule has 1 aliphatic rings. The number of aromatic nitrogens is 1. The first-order valence-electron chi connectivity index (χ1n) is 9.87. The van der Waals surface area contributed by atoms with Crippen molar-refractivity contribution in [3.05, 3.63) is 107 Å². The molecule has 5 rings (SSSR count). The molecule has 0 bridgehead atoms. The van der Waals surface area contributed by atoms with Gasteiger partial charge < -0.3 is 5.32 Å². The minimum atomic E-state index is -0.364. The van der Waals surface area contributed by atoms with Gasteiger partial charge in [0.2, 0.25) is 0 Å². The quantitative estimate of drug-likeness (QED) is 0.406. The summed E-state index contributed by atoms with van der Waals surface area (Å²) in [6.45, 7) is 0. The van der Waals surface area contributed by atoms with E-state index in [4.69, 9.17) is 4.98 Å². The highest BCUT2D eigenvalue weighted by atomic mass is 32.1. The molecule has 0 radical (unpaired) electrons. The molecule has 4 aromatic rings. The fourth-order valence-electron chi connectivity index (χ4n) is 3.68. The van der Waals surface area contributed by atoms with Crippen LogP contribution in [0.1, 0.15) is 39.2 Å². The fraction of sp³-hybridized carbons (Fsp3) is 0.120. The second-order valence-corrected chi connectivity index (χ2v) is 8.45. The van der Waals surface area contributed by atoms with Crippen LogP contribution < -0.4 is 5.32 Å². The van der Waals surface area contributed by atoms with Crippen LogP contribution >= 0.6 is 11.3 Å². The number of benzene rings is 3. The number of anilines is 1. The molecule has 3 nitrogen and oxygen atoms in total. The normalized spacial score (nSPS) is 17.5. The number of nitrogens with one attached hydrogen (secondary N) is 1. The monoisotopic (exact) mass is 414 g/mol. The molecule has 3 aromatic carbocycles.